The van der Waals surface area contributed by atoms with Gasteiger partial charge in [-0.05, 0) is 17.5 Å². The molecule has 0 saturated heterocycles. The number of nitro groups is 1. The Hall–Kier alpha value is -2.28. The number of nitrogens with zero attached hydrogens (tertiary/aromatic N) is 1. The number of rotatable bonds is 3. The highest BCUT2D eigenvalue weighted by atomic mass is 32.1. The normalized spacial score (nSPS) is 10.1. The van der Waals surface area contributed by atoms with Crippen molar-refractivity contribution in [3.8, 4) is 0 Å². The van der Waals surface area contributed by atoms with Gasteiger partial charge in [0.05, 0.1) is 21.6 Å². The topological polar surface area (TPSA) is 72.2 Å². The van der Waals surface area contributed by atoms with E-state index in [-0.39, 0.29) is 11.4 Å². The van der Waals surface area contributed by atoms with Crippen molar-refractivity contribution in [2.75, 3.05) is 5.32 Å². The summed E-state index contributed by atoms with van der Waals surface area (Å²) >= 11 is 1.22. The number of nitro benzene ring substituents is 1. The molecule has 2 rings (SSSR count). The molecule has 18 heavy (non-hydrogen) atoms. The standard InChI is InChI=1S/C11H7FN2O3S/c12-8-6-7(14(16)17)3-4-9(8)13-11(15)10-2-1-5-18-10/h1-6H,(H,13,15). The summed E-state index contributed by atoms with van der Waals surface area (Å²) in [4.78, 5) is 21.8. The molecular weight excluding hydrogens is 259 g/mol. The first-order valence-corrected chi connectivity index (χ1v) is 5.74. The van der Waals surface area contributed by atoms with E-state index in [2.05, 4.69) is 5.32 Å². The maximum atomic E-state index is 13.5. The number of hydrogen-bond acceptors (Lipinski definition) is 4. The average molecular weight is 266 g/mol. The third-order valence-corrected chi connectivity index (χ3v) is 3.03. The van der Waals surface area contributed by atoms with Crippen molar-refractivity contribution < 1.29 is 14.1 Å². The summed E-state index contributed by atoms with van der Waals surface area (Å²) in [5, 5.41) is 14.5. The Morgan fingerprint density at radius 2 is 2.17 bits per heavy atom. The van der Waals surface area contributed by atoms with Crippen molar-refractivity contribution in [1.82, 2.24) is 0 Å². The van der Waals surface area contributed by atoms with Gasteiger partial charge in [0.25, 0.3) is 11.6 Å². The summed E-state index contributed by atoms with van der Waals surface area (Å²) < 4.78 is 13.5. The largest absolute Gasteiger partial charge is 0.319 e. The number of carbonyl (C=O) groups is 1. The Morgan fingerprint density at radius 1 is 1.39 bits per heavy atom. The van der Waals surface area contributed by atoms with Crippen LogP contribution in [-0.2, 0) is 0 Å². The molecule has 0 radical (unpaired) electrons. The number of thiophene rings is 1. The fourth-order valence-electron chi connectivity index (χ4n) is 1.31. The van der Waals surface area contributed by atoms with Gasteiger partial charge in [0.15, 0.2) is 5.82 Å². The van der Waals surface area contributed by atoms with Crippen molar-refractivity contribution in [2.45, 2.75) is 0 Å². The van der Waals surface area contributed by atoms with Crippen LogP contribution in [0.5, 0.6) is 0 Å². The van der Waals surface area contributed by atoms with Crippen LogP contribution < -0.4 is 5.32 Å². The van der Waals surface area contributed by atoms with E-state index in [1.807, 2.05) is 0 Å². The zero-order valence-corrected chi connectivity index (χ0v) is 9.74. The van der Waals surface area contributed by atoms with Crippen LogP contribution in [0.25, 0.3) is 0 Å². The highest BCUT2D eigenvalue weighted by Gasteiger charge is 2.13. The molecule has 1 heterocycles. The molecule has 0 saturated carbocycles. The molecule has 1 N–H and O–H groups in total. The predicted molar refractivity (Wildman–Crippen MR) is 65.3 cm³/mol. The van der Waals surface area contributed by atoms with E-state index >= 15 is 0 Å². The van der Waals surface area contributed by atoms with Gasteiger partial charge in [-0.2, -0.15) is 0 Å². The fraction of sp³-hybridized carbons (Fsp3) is 0. The molecule has 0 bridgehead atoms. The molecule has 1 aromatic heterocycles. The molecule has 5 nitrogen and oxygen atoms in total. The molecule has 0 aliphatic heterocycles. The second-order valence-electron chi connectivity index (χ2n) is 3.35. The number of carbonyl (C=O) groups excluding carboxylic acids is 1. The van der Waals surface area contributed by atoms with Crippen LogP contribution in [0.15, 0.2) is 35.7 Å². The van der Waals surface area contributed by atoms with Crippen LogP contribution >= 0.6 is 11.3 Å². The van der Waals surface area contributed by atoms with Gasteiger partial charge in [0.1, 0.15) is 0 Å². The van der Waals surface area contributed by atoms with E-state index in [1.54, 1.807) is 17.5 Å². The van der Waals surface area contributed by atoms with E-state index in [0.717, 1.165) is 12.1 Å². The Kier molecular flexibility index (Phi) is 3.33. The van der Waals surface area contributed by atoms with Crippen LogP contribution in [0.2, 0.25) is 0 Å². The summed E-state index contributed by atoms with van der Waals surface area (Å²) in [6.07, 6.45) is 0. The number of halogens is 1. The summed E-state index contributed by atoms with van der Waals surface area (Å²) in [5.41, 5.74) is -0.444. The number of anilines is 1. The van der Waals surface area contributed by atoms with E-state index in [9.17, 15) is 19.3 Å². The lowest BCUT2D eigenvalue weighted by atomic mass is 10.2. The fourth-order valence-corrected chi connectivity index (χ4v) is 1.93. The third-order valence-electron chi connectivity index (χ3n) is 2.16. The Labute approximate surface area is 105 Å². The molecule has 0 aliphatic carbocycles. The van der Waals surface area contributed by atoms with Crippen molar-refractivity contribution in [2.24, 2.45) is 0 Å². The van der Waals surface area contributed by atoms with Crippen LogP contribution in [0, 0.1) is 15.9 Å². The molecule has 1 aromatic carbocycles. The number of nitrogens with one attached hydrogen (secondary N) is 1. The average Bonchev–Trinajstić information content (AvgIpc) is 2.85. The van der Waals surface area contributed by atoms with Gasteiger partial charge < -0.3 is 5.32 Å². The first-order chi connectivity index (χ1) is 8.58. The number of hydrogen-bond donors (Lipinski definition) is 1. The number of benzene rings is 1. The maximum Gasteiger partial charge on any atom is 0.272 e. The minimum atomic E-state index is -0.839. The molecule has 92 valence electrons. The van der Waals surface area contributed by atoms with E-state index in [0.29, 0.717) is 4.88 Å². The summed E-state index contributed by atoms with van der Waals surface area (Å²) in [7, 11) is 0. The Balaban J connectivity index is 2.20. The molecule has 0 spiro atoms. The summed E-state index contributed by atoms with van der Waals surface area (Å²) in [6.45, 7) is 0. The highest BCUT2D eigenvalue weighted by Crippen LogP contribution is 2.21. The zero-order chi connectivity index (χ0) is 13.1. The smallest absolute Gasteiger partial charge is 0.272 e. The van der Waals surface area contributed by atoms with Crippen LogP contribution in [-0.4, -0.2) is 10.8 Å². The van der Waals surface area contributed by atoms with Crippen molar-refractivity contribution in [1.29, 1.82) is 0 Å². The Bertz CT molecular complexity index is 598. The van der Waals surface area contributed by atoms with Crippen molar-refractivity contribution in [3.63, 3.8) is 0 Å². The van der Waals surface area contributed by atoms with E-state index in [4.69, 9.17) is 0 Å². The zero-order valence-electron chi connectivity index (χ0n) is 8.92. The maximum absolute atomic E-state index is 13.5. The van der Waals surface area contributed by atoms with Gasteiger partial charge in [-0.1, -0.05) is 6.07 Å². The van der Waals surface area contributed by atoms with E-state index in [1.165, 1.54) is 17.4 Å². The minimum Gasteiger partial charge on any atom is -0.319 e. The number of amides is 1. The third kappa shape index (κ3) is 2.51. The second kappa shape index (κ2) is 4.92. The van der Waals surface area contributed by atoms with Gasteiger partial charge in [0.2, 0.25) is 0 Å². The van der Waals surface area contributed by atoms with Crippen LogP contribution in [0.4, 0.5) is 15.8 Å². The molecule has 0 aliphatic rings. The first-order valence-electron chi connectivity index (χ1n) is 4.87. The molecule has 2 aromatic rings. The summed E-state index contributed by atoms with van der Waals surface area (Å²) in [5.74, 6) is -1.29. The van der Waals surface area contributed by atoms with Gasteiger partial charge in [-0.25, -0.2) is 4.39 Å². The van der Waals surface area contributed by atoms with Crippen molar-refractivity contribution >= 4 is 28.6 Å². The molecule has 0 unspecified atom stereocenters. The molecule has 0 fully saturated rings. The molecule has 7 heteroatoms. The lowest BCUT2D eigenvalue weighted by Gasteiger charge is -2.04. The van der Waals surface area contributed by atoms with Crippen LogP contribution in [0.3, 0.4) is 0 Å². The highest BCUT2D eigenvalue weighted by molar-refractivity contribution is 7.12. The lowest BCUT2D eigenvalue weighted by Crippen LogP contribution is -2.11. The van der Waals surface area contributed by atoms with Gasteiger partial charge in [-0.15, -0.1) is 11.3 Å². The van der Waals surface area contributed by atoms with Crippen molar-refractivity contribution in [3.05, 3.63) is 56.5 Å². The first kappa shape index (κ1) is 12.2. The quantitative estimate of drug-likeness (QED) is 0.685. The minimum absolute atomic E-state index is 0.0843. The monoisotopic (exact) mass is 266 g/mol. The van der Waals surface area contributed by atoms with Crippen LogP contribution in [0.1, 0.15) is 9.67 Å². The number of non-ortho nitro benzene ring substituents is 1. The van der Waals surface area contributed by atoms with Gasteiger partial charge in [-0.3, -0.25) is 14.9 Å². The summed E-state index contributed by atoms with van der Waals surface area (Å²) in [6, 6.07) is 6.37. The molecule has 1 amide bonds. The lowest BCUT2D eigenvalue weighted by molar-refractivity contribution is -0.385. The van der Waals surface area contributed by atoms with Gasteiger partial charge >= 0.3 is 0 Å². The second-order valence-corrected chi connectivity index (χ2v) is 4.30. The predicted octanol–water partition coefficient (Wildman–Crippen LogP) is 3.05. The Morgan fingerprint density at radius 3 is 2.72 bits per heavy atom. The van der Waals surface area contributed by atoms with E-state index < -0.39 is 16.6 Å². The SMILES string of the molecule is O=C(Nc1ccc([N+](=O)[O-])cc1F)c1cccs1. The molecular formula is C11H7FN2O3S. The molecule has 0 atom stereocenters. The van der Waals surface area contributed by atoms with Gasteiger partial charge in [0, 0.05) is 6.07 Å².